The van der Waals surface area contributed by atoms with Crippen molar-refractivity contribution in [2.75, 3.05) is 11.9 Å². The molecule has 1 aromatic carbocycles. The van der Waals surface area contributed by atoms with Crippen LogP contribution in [-0.2, 0) is 13.1 Å². The van der Waals surface area contributed by atoms with Gasteiger partial charge in [-0.2, -0.15) is 0 Å². The molecule has 3 amide bonds. The Morgan fingerprint density at radius 3 is 2.75 bits per heavy atom. The lowest BCUT2D eigenvalue weighted by molar-refractivity contribution is 0.0701. The van der Waals surface area contributed by atoms with Crippen molar-refractivity contribution in [1.82, 2.24) is 25.1 Å². The van der Waals surface area contributed by atoms with Gasteiger partial charge >= 0.3 is 6.03 Å². The number of rotatable bonds is 3. The van der Waals surface area contributed by atoms with Gasteiger partial charge in [0.25, 0.3) is 5.91 Å². The molecule has 144 valence electrons. The quantitative estimate of drug-likeness (QED) is 0.470. The monoisotopic (exact) mass is 382 g/mol. The van der Waals surface area contributed by atoms with Gasteiger partial charge in [0.15, 0.2) is 5.76 Å². The first-order valence-electron chi connectivity index (χ1n) is 8.65. The number of urea groups is 1. The van der Waals surface area contributed by atoms with E-state index in [2.05, 4.69) is 15.5 Å². The average molecular weight is 382 g/mol. The minimum Gasteiger partial charge on any atom is -0.359 e. The molecule has 1 aliphatic rings. The number of hydroxylamine groups is 1. The van der Waals surface area contributed by atoms with E-state index in [1.165, 1.54) is 0 Å². The molecular weight excluding hydrogens is 364 g/mol. The van der Waals surface area contributed by atoms with E-state index in [-0.39, 0.29) is 18.3 Å². The number of nitrogens with one attached hydrogen (secondary N) is 2. The molecule has 2 aromatic heterocycles. The molecule has 0 spiro atoms. The number of hydrogen-bond acceptors (Lipinski definition) is 6. The standard InChI is InChI=1S/C18H18N6O4/c1-11-15(16(22-28-11)12-5-3-2-4-6-12)20-18(26)24-8-7-23-9-13(17(25)21-27)19-14(23)10-24/h2-6,9,27H,7-8,10H2,1H3,(H,20,26)(H,21,25). The van der Waals surface area contributed by atoms with Crippen LogP contribution in [0.2, 0.25) is 0 Å². The predicted molar refractivity (Wildman–Crippen MR) is 97.6 cm³/mol. The molecule has 0 aliphatic carbocycles. The van der Waals surface area contributed by atoms with Crippen molar-refractivity contribution in [2.45, 2.75) is 20.0 Å². The topological polar surface area (TPSA) is 126 Å². The molecule has 10 heteroatoms. The highest BCUT2D eigenvalue weighted by atomic mass is 16.5. The number of benzene rings is 1. The molecule has 1 aliphatic heterocycles. The van der Waals surface area contributed by atoms with Crippen LogP contribution in [0.4, 0.5) is 10.5 Å². The number of amides is 3. The molecule has 0 bridgehead atoms. The highest BCUT2D eigenvalue weighted by Gasteiger charge is 2.26. The molecule has 0 radical (unpaired) electrons. The Labute approximate surface area is 159 Å². The molecule has 0 saturated carbocycles. The predicted octanol–water partition coefficient (Wildman–Crippen LogP) is 2.01. The summed E-state index contributed by atoms with van der Waals surface area (Å²) in [6, 6.07) is 9.13. The van der Waals surface area contributed by atoms with Crippen LogP contribution in [0.15, 0.2) is 41.1 Å². The number of nitrogens with zero attached hydrogens (tertiary/aromatic N) is 4. The van der Waals surface area contributed by atoms with Crippen LogP contribution in [0.25, 0.3) is 11.3 Å². The van der Waals surface area contributed by atoms with Crippen LogP contribution in [-0.4, -0.2) is 43.3 Å². The second kappa shape index (κ2) is 7.16. The van der Waals surface area contributed by atoms with Gasteiger partial charge < -0.3 is 19.3 Å². The normalized spacial score (nSPS) is 13.1. The van der Waals surface area contributed by atoms with E-state index >= 15 is 0 Å². The zero-order valence-corrected chi connectivity index (χ0v) is 15.0. The van der Waals surface area contributed by atoms with Gasteiger partial charge in [0.05, 0.1) is 6.54 Å². The van der Waals surface area contributed by atoms with E-state index < -0.39 is 5.91 Å². The lowest BCUT2D eigenvalue weighted by atomic mass is 10.1. The summed E-state index contributed by atoms with van der Waals surface area (Å²) >= 11 is 0. The Morgan fingerprint density at radius 2 is 2.00 bits per heavy atom. The van der Waals surface area contributed by atoms with Crippen molar-refractivity contribution >= 4 is 17.6 Å². The summed E-state index contributed by atoms with van der Waals surface area (Å²) in [5.41, 5.74) is 3.57. The third-order valence-corrected chi connectivity index (χ3v) is 4.57. The molecule has 0 fully saturated rings. The fourth-order valence-corrected chi connectivity index (χ4v) is 3.09. The van der Waals surface area contributed by atoms with Gasteiger partial charge in [0.2, 0.25) is 0 Å². The molecule has 3 N–H and O–H groups in total. The lowest BCUT2D eigenvalue weighted by Gasteiger charge is -2.27. The van der Waals surface area contributed by atoms with Crippen LogP contribution in [0.3, 0.4) is 0 Å². The first kappa shape index (κ1) is 17.7. The maximum atomic E-state index is 12.8. The molecule has 10 nitrogen and oxygen atoms in total. The van der Waals surface area contributed by atoms with Crippen LogP contribution < -0.4 is 10.8 Å². The molecule has 0 unspecified atom stereocenters. The number of carbonyl (C=O) groups is 2. The fourth-order valence-electron chi connectivity index (χ4n) is 3.09. The summed E-state index contributed by atoms with van der Waals surface area (Å²) < 4.78 is 7.05. The third kappa shape index (κ3) is 3.21. The molecule has 3 heterocycles. The molecule has 4 rings (SSSR count). The van der Waals surface area contributed by atoms with Crippen molar-refractivity contribution in [1.29, 1.82) is 0 Å². The van der Waals surface area contributed by atoms with E-state index in [1.54, 1.807) is 28.1 Å². The van der Waals surface area contributed by atoms with Gasteiger partial charge in [-0.25, -0.2) is 15.3 Å². The van der Waals surface area contributed by atoms with Crippen molar-refractivity contribution in [2.24, 2.45) is 0 Å². The van der Waals surface area contributed by atoms with Gasteiger partial charge in [-0.05, 0) is 6.92 Å². The van der Waals surface area contributed by atoms with Crippen molar-refractivity contribution in [3.8, 4) is 11.3 Å². The number of carbonyl (C=O) groups excluding carboxylic acids is 2. The van der Waals surface area contributed by atoms with E-state index in [0.29, 0.717) is 36.1 Å². The SMILES string of the molecule is Cc1onc(-c2ccccc2)c1NC(=O)N1CCn2cc(C(=O)NO)nc2C1. The Morgan fingerprint density at radius 1 is 1.21 bits per heavy atom. The van der Waals surface area contributed by atoms with Crippen LogP contribution in [0.5, 0.6) is 0 Å². The second-order valence-electron chi connectivity index (χ2n) is 6.36. The van der Waals surface area contributed by atoms with Gasteiger partial charge in [-0.3, -0.25) is 10.0 Å². The van der Waals surface area contributed by atoms with E-state index in [9.17, 15) is 9.59 Å². The molecule has 28 heavy (non-hydrogen) atoms. The first-order chi connectivity index (χ1) is 13.6. The van der Waals surface area contributed by atoms with Crippen molar-refractivity contribution in [3.63, 3.8) is 0 Å². The second-order valence-corrected chi connectivity index (χ2v) is 6.36. The zero-order valence-electron chi connectivity index (χ0n) is 15.0. The number of hydrogen-bond donors (Lipinski definition) is 3. The largest absolute Gasteiger partial charge is 0.359 e. The molecular formula is C18H18N6O4. The van der Waals surface area contributed by atoms with Gasteiger partial charge in [0.1, 0.15) is 22.9 Å². The van der Waals surface area contributed by atoms with Gasteiger partial charge in [0, 0.05) is 24.8 Å². The smallest absolute Gasteiger partial charge is 0.322 e. The number of aryl methyl sites for hydroxylation is 1. The summed E-state index contributed by atoms with van der Waals surface area (Å²) in [6.07, 6.45) is 1.55. The highest BCUT2D eigenvalue weighted by molar-refractivity contribution is 5.94. The summed E-state index contributed by atoms with van der Waals surface area (Å²) in [4.78, 5) is 30.1. The Kier molecular flexibility index (Phi) is 4.53. The Balaban J connectivity index is 1.52. The maximum Gasteiger partial charge on any atom is 0.322 e. The van der Waals surface area contributed by atoms with Gasteiger partial charge in [-0.15, -0.1) is 0 Å². The minimum absolute atomic E-state index is 0.0981. The van der Waals surface area contributed by atoms with Gasteiger partial charge in [-0.1, -0.05) is 35.5 Å². The number of anilines is 1. The Bertz CT molecular complexity index is 1030. The summed E-state index contributed by atoms with van der Waals surface area (Å²) in [5, 5.41) is 15.7. The first-order valence-corrected chi connectivity index (χ1v) is 8.65. The summed E-state index contributed by atoms with van der Waals surface area (Å²) in [5.74, 6) is 0.378. The van der Waals surface area contributed by atoms with E-state index in [1.807, 2.05) is 30.3 Å². The fraction of sp³-hybridized carbons (Fsp3) is 0.222. The Hall–Kier alpha value is -3.66. The number of imidazole rings is 1. The maximum absolute atomic E-state index is 12.8. The van der Waals surface area contributed by atoms with Crippen LogP contribution in [0, 0.1) is 6.92 Å². The zero-order chi connectivity index (χ0) is 19.7. The van der Waals surface area contributed by atoms with E-state index in [0.717, 1.165) is 5.56 Å². The molecule has 0 atom stereocenters. The van der Waals surface area contributed by atoms with Crippen molar-refractivity contribution < 1.29 is 19.3 Å². The summed E-state index contributed by atoms with van der Waals surface area (Å²) in [7, 11) is 0. The average Bonchev–Trinajstić information content (AvgIpc) is 3.31. The minimum atomic E-state index is -0.689. The summed E-state index contributed by atoms with van der Waals surface area (Å²) in [6.45, 7) is 2.90. The molecule has 0 saturated heterocycles. The highest BCUT2D eigenvalue weighted by Crippen LogP contribution is 2.30. The van der Waals surface area contributed by atoms with Crippen LogP contribution in [0.1, 0.15) is 22.1 Å². The third-order valence-electron chi connectivity index (χ3n) is 4.57. The lowest BCUT2D eigenvalue weighted by Crippen LogP contribution is -2.40. The number of aromatic nitrogens is 3. The van der Waals surface area contributed by atoms with Crippen molar-refractivity contribution in [3.05, 3.63) is 53.8 Å². The van der Waals surface area contributed by atoms with Crippen LogP contribution >= 0.6 is 0 Å². The van der Waals surface area contributed by atoms with E-state index in [4.69, 9.17) is 9.73 Å². The molecule has 3 aromatic rings. The number of fused-ring (bicyclic) bond motifs is 1.